The Morgan fingerprint density at radius 1 is 1.42 bits per heavy atom. The molecule has 2 rings (SSSR count). The molecule has 0 unspecified atom stereocenters. The van der Waals surface area contributed by atoms with Crippen molar-refractivity contribution >= 4 is 17.0 Å². The first-order chi connectivity index (χ1) is 5.95. The summed E-state index contributed by atoms with van der Waals surface area (Å²) in [5.41, 5.74) is 1.27. The third-order valence-electron chi connectivity index (χ3n) is 2.22. The summed E-state index contributed by atoms with van der Waals surface area (Å²) in [6.07, 6.45) is 7.05. The monoisotopic (exact) mass is 179 g/mol. The minimum Gasteiger partial charge on any atom is -0.384 e. The lowest BCUT2D eigenvalue weighted by molar-refractivity contribution is 0.603. The Morgan fingerprint density at radius 2 is 2.25 bits per heavy atom. The van der Waals surface area contributed by atoms with E-state index in [0.29, 0.717) is 0 Å². The average molecular weight is 179 g/mol. The Hall–Kier alpha value is -0.760. The molecule has 1 aromatic rings. The van der Waals surface area contributed by atoms with Gasteiger partial charge in [0.25, 0.3) is 0 Å². The predicted molar refractivity (Wildman–Crippen MR) is 54.7 cm³/mol. The van der Waals surface area contributed by atoms with Crippen molar-refractivity contribution < 1.29 is 0 Å². The van der Waals surface area contributed by atoms with Gasteiger partial charge in [-0.15, -0.1) is 0 Å². The lowest BCUT2D eigenvalue weighted by Gasteiger charge is -2.09. The number of nitrogens with one attached hydrogen (secondary N) is 1. The fourth-order valence-corrected chi connectivity index (χ4v) is 2.08. The zero-order valence-electron chi connectivity index (χ0n) is 6.99. The number of allylic oxidation sites excluding steroid dienone is 2. The van der Waals surface area contributed by atoms with Crippen LogP contribution in [0, 0.1) is 5.92 Å². The van der Waals surface area contributed by atoms with Crippen LogP contribution in [0.4, 0.5) is 5.69 Å². The van der Waals surface area contributed by atoms with Crippen LogP contribution >= 0.6 is 11.3 Å². The lowest BCUT2D eigenvalue weighted by atomic mass is 10.1. The molecule has 0 aromatic carbocycles. The zero-order chi connectivity index (χ0) is 8.23. The second-order valence-corrected chi connectivity index (χ2v) is 3.98. The van der Waals surface area contributed by atoms with Gasteiger partial charge < -0.3 is 5.32 Å². The Bertz CT molecular complexity index is 243. The minimum atomic E-state index is 0.824. The summed E-state index contributed by atoms with van der Waals surface area (Å²) >= 11 is 1.74. The highest BCUT2D eigenvalue weighted by molar-refractivity contribution is 7.08. The fraction of sp³-hybridized carbons (Fsp3) is 0.400. The van der Waals surface area contributed by atoms with Gasteiger partial charge in [-0.3, -0.25) is 0 Å². The van der Waals surface area contributed by atoms with Crippen molar-refractivity contribution in [3.63, 3.8) is 0 Å². The standard InChI is InChI=1S/C10H13NS/c1-2-4-9(3-1)7-11-10-5-6-12-8-10/h1-2,5-6,8-9,11H,3-4,7H2. The molecule has 0 bridgehead atoms. The predicted octanol–water partition coefficient (Wildman–Crippen LogP) is 3.13. The number of hydrogen-bond acceptors (Lipinski definition) is 2. The van der Waals surface area contributed by atoms with Gasteiger partial charge in [-0.25, -0.2) is 0 Å². The molecule has 1 aliphatic rings. The second kappa shape index (κ2) is 3.76. The highest BCUT2D eigenvalue weighted by Crippen LogP contribution is 2.19. The topological polar surface area (TPSA) is 12.0 Å². The van der Waals surface area contributed by atoms with Crippen LogP contribution in [0.3, 0.4) is 0 Å². The van der Waals surface area contributed by atoms with Crippen LogP contribution in [0.5, 0.6) is 0 Å². The SMILES string of the molecule is C1=CCC(CNc2ccsc2)C1. The largest absolute Gasteiger partial charge is 0.384 e. The molecule has 1 aliphatic carbocycles. The molecule has 2 heteroatoms. The molecule has 1 nitrogen and oxygen atoms in total. The summed E-state index contributed by atoms with van der Waals surface area (Å²) in [7, 11) is 0. The van der Waals surface area contributed by atoms with Crippen LogP contribution in [0.15, 0.2) is 29.0 Å². The van der Waals surface area contributed by atoms with E-state index in [4.69, 9.17) is 0 Å². The van der Waals surface area contributed by atoms with Gasteiger partial charge in [-0.1, -0.05) is 12.2 Å². The van der Waals surface area contributed by atoms with E-state index in [0.717, 1.165) is 12.5 Å². The first-order valence-corrected chi connectivity index (χ1v) is 5.30. The van der Waals surface area contributed by atoms with Gasteiger partial charge in [-0.2, -0.15) is 11.3 Å². The highest BCUT2D eigenvalue weighted by atomic mass is 32.1. The maximum Gasteiger partial charge on any atom is 0.0448 e. The normalized spacial score (nSPS) is 17.0. The van der Waals surface area contributed by atoms with Crippen LogP contribution < -0.4 is 5.32 Å². The van der Waals surface area contributed by atoms with E-state index in [2.05, 4.69) is 34.3 Å². The maximum absolute atomic E-state index is 3.44. The quantitative estimate of drug-likeness (QED) is 0.703. The third kappa shape index (κ3) is 1.89. The number of rotatable bonds is 3. The second-order valence-electron chi connectivity index (χ2n) is 3.20. The van der Waals surface area contributed by atoms with Crippen molar-refractivity contribution in [3.05, 3.63) is 29.0 Å². The number of thiophene rings is 1. The molecule has 0 aliphatic heterocycles. The van der Waals surface area contributed by atoms with Gasteiger partial charge in [-0.05, 0) is 30.2 Å². The summed E-state index contributed by atoms with van der Waals surface area (Å²) in [6, 6.07) is 2.13. The van der Waals surface area contributed by atoms with Crippen molar-refractivity contribution in [1.29, 1.82) is 0 Å². The first kappa shape index (κ1) is 7.87. The van der Waals surface area contributed by atoms with Gasteiger partial charge in [0.1, 0.15) is 0 Å². The van der Waals surface area contributed by atoms with E-state index in [-0.39, 0.29) is 0 Å². The Labute approximate surface area is 77.1 Å². The van der Waals surface area contributed by atoms with Gasteiger partial charge in [0.05, 0.1) is 0 Å². The molecule has 64 valence electrons. The third-order valence-corrected chi connectivity index (χ3v) is 2.90. The van der Waals surface area contributed by atoms with Crippen molar-refractivity contribution in [2.75, 3.05) is 11.9 Å². The molecule has 0 saturated heterocycles. The van der Waals surface area contributed by atoms with Crippen LogP contribution in [0.2, 0.25) is 0 Å². The van der Waals surface area contributed by atoms with Crippen LogP contribution in [0.1, 0.15) is 12.8 Å². The number of anilines is 1. The van der Waals surface area contributed by atoms with Gasteiger partial charge in [0, 0.05) is 17.6 Å². The van der Waals surface area contributed by atoms with E-state index in [1.54, 1.807) is 11.3 Å². The summed E-state index contributed by atoms with van der Waals surface area (Å²) in [4.78, 5) is 0. The minimum absolute atomic E-state index is 0.824. The molecule has 0 radical (unpaired) electrons. The van der Waals surface area contributed by atoms with Crippen LogP contribution in [0.25, 0.3) is 0 Å². The maximum atomic E-state index is 3.44. The molecule has 0 spiro atoms. The molecule has 0 atom stereocenters. The zero-order valence-corrected chi connectivity index (χ0v) is 7.81. The first-order valence-electron chi connectivity index (χ1n) is 4.36. The molecule has 1 N–H and O–H groups in total. The van der Waals surface area contributed by atoms with Crippen LogP contribution in [-0.2, 0) is 0 Å². The molecule has 12 heavy (non-hydrogen) atoms. The van der Waals surface area contributed by atoms with E-state index < -0.39 is 0 Å². The van der Waals surface area contributed by atoms with Crippen molar-refractivity contribution in [2.24, 2.45) is 5.92 Å². The highest BCUT2D eigenvalue weighted by Gasteiger charge is 2.08. The van der Waals surface area contributed by atoms with Crippen molar-refractivity contribution in [3.8, 4) is 0 Å². The van der Waals surface area contributed by atoms with E-state index in [1.807, 2.05) is 0 Å². The van der Waals surface area contributed by atoms with Gasteiger partial charge in [0.2, 0.25) is 0 Å². The number of hydrogen-bond donors (Lipinski definition) is 1. The Balaban J connectivity index is 1.75. The van der Waals surface area contributed by atoms with Crippen molar-refractivity contribution in [2.45, 2.75) is 12.8 Å². The summed E-state index contributed by atoms with van der Waals surface area (Å²) in [6.45, 7) is 1.11. The Morgan fingerprint density at radius 3 is 2.92 bits per heavy atom. The average Bonchev–Trinajstić information content (AvgIpc) is 2.74. The summed E-state index contributed by atoms with van der Waals surface area (Å²) in [5.74, 6) is 0.824. The molecule has 1 heterocycles. The lowest BCUT2D eigenvalue weighted by Crippen LogP contribution is -2.10. The summed E-state index contributed by atoms with van der Waals surface area (Å²) in [5, 5.41) is 7.70. The van der Waals surface area contributed by atoms with Crippen molar-refractivity contribution in [1.82, 2.24) is 0 Å². The molecular formula is C10H13NS. The molecule has 0 fully saturated rings. The van der Waals surface area contributed by atoms with Gasteiger partial charge in [0.15, 0.2) is 0 Å². The Kier molecular flexibility index (Phi) is 2.47. The van der Waals surface area contributed by atoms with E-state index >= 15 is 0 Å². The molecule has 1 aromatic heterocycles. The van der Waals surface area contributed by atoms with E-state index in [1.165, 1.54) is 18.5 Å². The summed E-state index contributed by atoms with van der Waals surface area (Å²) < 4.78 is 0. The van der Waals surface area contributed by atoms with Crippen LogP contribution in [-0.4, -0.2) is 6.54 Å². The molecule has 0 saturated carbocycles. The fourth-order valence-electron chi connectivity index (χ4n) is 1.47. The van der Waals surface area contributed by atoms with Gasteiger partial charge >= 0.3 is 0 Å². The molecule has 0 amide bonds. The van der Waals surface area contributed by atoms with E-state index in [9.17, 15) is 0 Å². The molecular weight excluding hydrogens is 166 g/mol. The smallest absolute Gasteiger partial charge is 0.0448 e.